The van der Waals surface area contributed by atoms with Gasteiger partial charge in [0, 0.05) is 10.9 Å². The molecular formula is C16H23NO3S. The van der Waals surface area contributed by atoms with Crippen LogP contribution in [0.4, 0.5) is 0 Å². The molecule has 1 aliphatic carbocycles. The first-order chi connectivity index (χ1) is 9.97. The molecule has 21 heavy (non-hydrogen) atoms. The summed E-state index contributed by atoms with van der Waals surface area (Å²) in [4.78, 5) is 25.3. The number of hydrogen-bond acceptors (Lipinski definition) is 4. The molecule has 1 aromatic heterocycles. The van der Waals surface area contributed by atoms with Crippen molar-refractivity contribution in [3.05, 3.63) is 21.9 Å². The number of nitrogens with one attached hydrogen (secondary N) is 1. The van der Waals surface area contributed by atoms with E-state index >= 15 is 0 Å². The van der Waals surface area contributed by atoms with Crippen molar-refractivity contribution in [1.29, 1.82) is 0 Å². The number of rotatable bonds is 4. The average Bonchev–Trinajstić information content (AvgIpc) is 2.88. The second-order valence-electron chi connectivity index (χ2n) is 5.93. The van der Waals surface area contributed by atoms with E-state index in [1.807, 2.05) is 13.0 Å². The van der Waals surface area contributed by atoms with Crippen LogP contribution >= 0.6 is 11.3 Å². The van der Waals surface area contributed by atoms with E-state index < -0.39 is 5.97 Å². The zero-order valence-corrected chi connectivity index (χ0v) is 13.7. The summed E-state index contributed by atoms with van der Waals surface area (Å²) in [5, 5.41) is 3.00. The van der Waals surface area contributed by atoms with Gasteiger partial charge in [0.2, 0.25) is 0 Å². The Balaban J connectivity index is 1.78. The first-order valence-electron chi connectivity index (χ1n) is 7.50. The summed E-state index contributed by atoms with van der Waals surface area (Å²) < 4.78 is 5.07. The predicted octanol–water partition coefficient (Wildman–Crippen LogP) is 3.15. The van der Waals surface area contributed by atoms with Crippen LogP contribution in [0.15, 0.2) is 12.1 Å². The van der Waals surface area contributed by atoms with Gasteiger partial charge in [-0.25, -0.2) is 4.79 Å². The summed E-state index contributed by atoms with van der Waals surface area (Å²) in [7, 11) is 0. The van der Waals surface area contributed by atoms with Crippen LogP contribution in [0.3, 0.4) is 0 Å². The number of aryl methyl sites for hydroxylation is 1. The van der Waals surface area contributed by atoms with Gasteiger partial charge in [0.15, 0.2) is 6.61 Å². The molecule has 0 aromatic carbocycles. The highest BCUT2D eigenvalue weighted by Crippen LogP contribution is 2.29. The molecule has 1 heterocycles. The van der Waals surface area contributed by atoms with Crippen molar-refractivity contribution in [3.63, 3.8) is 0 Å². The summed E-state index contributed by atoms with van der Waals surface area (Å²) in [6, 6.07) is 3.79. The molecule has 1 aromatic rings. The summed E-state index contributed by atoms with van der Waals surface area (Å²) in [5.41, 5.74) is 0. The topological polar surface area (TPSA) is 55.4 Å². The number of hydrogen-bond donors (Lipinski definition) is 1. The third kappa shape index (κ3) is 4.30. The fraction of sp³-hybridized carbons (Fsp3) is 0.625. The van der Waals surface area contributed by atoms with Gasteiger partial charge in [-0.1, -0.05) is 26.7 Å². The highest BCUT2D eigenvalue weighted by molar-refractivity contribution is 7.13. The Morgan fingerprint density at radius 3 is 2.76 bits per heavy atom. The molecule has 0 spiro atoms. The quantitative estimate of drug-likeness (QED) is 0.869. The molecule has 5 heteroatoms. The maximum absolute atomic E-state index is 11.9. The van der Waals surface area contributed by atoms with E-state index in [4.69, 9.17) is 4.74 Å². The lowest BCUT2D eigenvalue weighted by Crippen LogP contribution is -2.45. The van der Waals surface area contributed by atoms with Crippen molar-refractivity contribution in [3.8, 4) is 0 Å². The maximum Gasteiger partial charge on any atom is 0.348 e. The molecule has 0 saturated heterocycles. The monoisotopic (exact) mass is 309 g/mol. The molecule has 1 amide bonds. The number of amides is 1. The predicted molar refractivity (Wildman–Crippen MR) is 83.4 cm³/mol. The van der Waals surface area contributed by atoms with Crippen LogP contribution in [0.2, 0.25) is 0 Å². The van der Waals surface area contributed by atoms with Crippen molar-refractivity contribution < 1.29 is 14.3 Å². The number of esters is 1. The van der Waals surface area contributed by atoms with E-state index in [1.165, 1.54) is 17.8 Å². The molecule has 3 atom stereocenters. The number of carbonyl (C=O) groups is 2. The van der Waals surface area contributed by atoms with Gasteiger partial charge in [0.1, 0.15) is 4.88 Å². The van der Waals surface area contributed by atoms with Crippen LogP contribution in [0.5, 0.6) is 0 Å². The van der Waals surface area contributed by atoms with Crippen LogP contribution in [-0.4, -0.2) is 24.5 Å². The number of thiophene rings is 1. The van der Waals surface area contributed by atoms with Gasteiger partial charge < -0.3 is 10.1 Å². The zero-order valence-electron chi connectivity index (χ0n) is 12.8. The number of carbonyl (C=O) groups excluding carboxylic acids is 2. The van der Waals surface area contributed by atoms with Gasteiger partial charge in [-0.2, -0.15) is 0 Å². The molecule has 0 radical (unpaired) electrons. The Kier molecular flexibility index (Phi) is 5.39. The number of ether oxygens (including phenoxy) is 1. The van der Waals surface area contributed by atoms with Crippen LogP contribution in [0.25, 0.3) is 0 Å². The van der Waals surface area contributed by atoms with Gasteiger partial charge >= 0.3 is 5.97 Å². The lowest BCUT2D eigenvalue weighted by atomic mass is 9.78. The van der Waals surface area contributed by atoms with E-state index in [9.17, 15) is 9.59 Å². The average molecular weight is 309 g/mol. The van der Waals surface area contributed by atoms with Crippen LogP contribution < -0.4 is 5.32 Å². The third-order valence-corrected chi connectivity index (χ3v) is 5.31. The normalized spacial score (nSPS) is 25.4. The fourth-order valence-electron chi connectivity index (χ4n) is 2.78. The first kappa shape index (κ1) is 16.0. The van der Waals surface area contributed by atoms with Gasteiger partial charge in [-0.15, -0.1) is 11.3 Å². The molecular weight excluding hydrogens is 286 g/mol. The van der Waals surface area contributed by atoms with E-state index in [0.29, 0.717) is 16.7 Å². The van der Waals surface area contributed by atoms with Crippen molar-refractivity contribution >= 4 is 23.2 Å². The van der Waals surface area contributed by atoms with Gasteiger partial charge in [0.25, 0.3) is 5.91 Å². The minimum atomic E-state index is -0.423. The van der Waals surface area contributed by atoms with Crippen molar-refractivity contribution in [1.82, 2.24) is 5.32 Å². The van der Waals surface area contributed by atoms with E-state index in [-0.39, 0.29) is 18.6 Å². The summed E-state index contributed by atoms with van der Waals surface area (Å²) in [5.74, 6) is 0.468. The second kappa shape index (κ2) is 7.07. The SMILES string of the molecule is Cc1ccc(C(=O)OCC(=O)NC2CCCC(C)C2C)s1. The Morgan fingerprint density at radius 1 is 1.33 bits per heavy atom. The molecule has 3 unspecified atom stereocenters. The fourth-order valence-corrected chi connectivity index (χ4v) is 3.54. The molecule has 1 N–H and O–H groups in total. The Bertz CT molecular complexity index is 511. The zero-order chi connectivity index (χ0) is 15.4. The minimum Gasteiger partial charge on any atom is -0.451 e. The van der Waals surface area contributed by atoms with E-state index in [2.05, 4.69) is 19.2 Å². The Labute approximate surface area is 129 Å². The van der Waals surface area contributed by atoms with Crippen LogP contribution in [-0.2, 0) is 9.53 Å². The van der Waals surface area contributed by atoms with Crippen molar-refractivity contribution in [2.24, 2.45) is 11.8 Å². The van der Waals surface area contributed by atoms with Gasteiger partial charge in [0.05, 0.1) is 0 Å². The molecule has 0 aliphatic heterocycles. The smallest absolute Gasteiger partial charge is 0.348 e. The molecule has 1 saturated carbocycles. The lowest BCUT2D eigenvalue weighted by molar-refractivity contribution is -0.125. The highest BCUT2D eigenvalue weighted by atomic mass is 32.1. The lowest BCUT2D eigenvalue weighted by Gasteiger charge is -2.34. The van der Waals surface area contributed by atoms with Gasteiger partial charge in [-0.3, -0.25) is 4.79 Å². The molecule has 1 fully saturated rings. The van der Waals surface area contributed by atoms with E-state index in [0.717, 1.165) is 17.7 Å². The maximum atomic E-state index is 11.9. The molecule has 4 nitrogen and oxygen atoms in total. The molecule has 2 rings (SSSR count). The van der Waals surface area contributed by atoms with Crippen molar-refractivity contribution in [2.75, 3.05) is 6.61 Å². The molecule has 1 aliphatic rings. The summed E-state index contributed by atoms with van der Waals surface area (Å²) >= 11 is 1.38. The summed E-state index contributed by atoms with van der Waals surface area (Å²) in [6.07, 6.45) is 3.38. The minimum absolute atomic E-state index is 0.198. The first-order valence-corrected chi connectivity index (χ1v) is 8.32. The standard InChI is InChI=1S/C16H23NO3S/c1-10-5-4-6-13(12(10)3)17-15(18)9-20-16(19)14-8-7-11(2)21-14/h7-8,10,12-13H,4-6,9H2,1-3H3,(H,17,18). The third-order valence-electron chi connectivity index (χ3n) is 4.33. The van der Waals surface area contributed by atoms with E-state index in [1.54, 1.807) is 6.07 Å². The Morgan fingerprint density at radius 2 is 2.10 bits per heavy atom. The second-order valence-corrected chi connectivity index (χ2v) is 7.22. The van der Waals surface area contributed by atoms with Crippen LogP contribution in [0.1, 0.15) is 47.7 Å². The Hall–Kier alpha value is -1.36. The van der Waals surface area contributed by atoms with Crippen LogP contribution in [0, 0.1) is 18.8 Å². The summed E-state index contributed by atoms with van der Waals surface area (Å²) in [6.45, 7) is 6.13. The molecule has 0 bridgehead atoms. The van der Waals surface area contributed by atoms with Gasteiger partial charge in [-0.05, 0) is 37.3 Å². The highest BCUT2D eigenvalue weighted by Gasteiger charge is 2.28. The largest absolute Gasteiger partial charge is 0.451 e. The van der Waals surface area contributed by atoms with Crippen molar-refractivity contribution in [2.45, 2.75) is 46.1 Å². The molecule has 116 valence electrons.